The van der Waals surface area contributed by atoms with Crippen LogP contribution in [-0.2, 0) is 0 Å². The van der Waals surface area contributed by atoms with E-state index >= 15 is 0 Å². The molecule has 0 aliphatic heterocycles. The average molecular weight is 407 g/mol. The fourth-order valence-corrected chi connectivity index (χ4v) is 2.51. The third kappa shape index (κ3) is 2.24. The van der Waals surface area contributed by atoms with E-state index in [-0.39, 0.29) is 0 Å². The van der Waals surface area contributed by atoms with Crippen LogP contribution in [0.25, 0.3) is 0 Å². The van der Waals surface area contributed by atoms with Crippen molar-refractivity contribution in [1.82, 2.24) is 0 Å². The summed E-state index contributed by atoms with van der Waals surface area (Å²) in [4.78, 5) is 0. The SMILES string of the molecule is F[C](F)(F)[Ge]([I])([C](F)(F)F)[C](F)(F)F. The second kappa shape index (κ2) is 3.59. The molecule has 0 aromatic heterocycles. The molecule has 14 heavy (non-hydrogen) atoms. The van der Waals surface area contributed by atoms with Gasteiger partial charge in [0.05, 0.1) is 0 Å². The summed E-state index contributed by atoms with van der Waals surface area (Å²) in [6, 6.07) is 0. The first-order valence-electron chi connectivity index (χ1n) is 2.64. The monoisotopic (exact) mass is 408 g/mol. The van der Waals surface area contributed by atoms with Crippen LogP contribution in [0.3, 0.4) is 0 Å². The van der Waals surface area contributed by atoms with Gasteiger partial charge in [-0.05, 0) is 0 Å². The minimum atomic E-state index is -7.97. The van der Waals surface area contributed by atoms with Crippen molar-refractivity contribution >= 4 is 30.2 Å². The fourth-order valence-electron chi connectivity index (χ4n) is 0.482. The van der Waals surface area contributed by atoms with E-state index in [1.165, 1.54) is 0 Å². The Morgan fingerprint density at radius 3 is 0.714 bits per heavy atom. The first-order valence-corrected chi connectivity index (χ1v) is 12.2. The number of hydrogen-bond acceptors (Lipinski definition) is 0. The number of rotatable bonds is 0. The molecule has 0 aromatic carbocycles. The molecule has 0 N–H and O–H groups in total. The summed E-state index contributed by atoms with van der Waals surface area (Å²) >= 11 is -0.492. The Kier molecular flexibility index (Phi) is 3.76. The van der Waals surface area contributed by atoms with Gasteiger partial charge in [-0.15, -0.1) is 0 Å². The van der Waals surface area contributed by atoms with Gasteiger partial charge in [0, 0.05) is 0 Å². The van der Waals surface area contributed by atoms with Crippen LogP contribution in [-0.4, -0.2) is 25.0 Å². The summed E-state index contributed by atoms with van der Waals surface area (Å²) in [6.07, 6.45) is 0. The molecule has 0 rings (SSSR count). The molecule has 0 atom stereocenters. The van der Waals surface area contributed by atoms with Crippen LogP contribution in [0.1, 0.15) is 0 Å². The van der Waals surface area contributed by atoms with Crippen molar-refractivity contribution in [3.8, 4) is 0 Å². The molecular weight excluding hydrogens is 407 g/mol. The Balaban J connectivity index is 5.54. The second-order valence-electron chi connectivity index (χ2n) is 2.15. The van der Waals surface area contributed by atoms with Crippen LogP contribution in [0.5, 0.6) is 0 Å². The van der Waals surface area contributed by atoms with Gasteiger partial charge in [0.2, 0.25) is 0 Å². The van der Waals surface area contributed by atoms with Crippen molar-refractivity contribution in [3.63, 3.8) is 0 Å². The average Bonchev–Trinajstić information content (AvgIpc) is 1.77. The molecule has 0 aliphatic rings. The van der Waals surface area contributed by atoms with Crippen molar-refractivity contribution < 1.29 is 39.5 Å². The van der Waals surface area contributed by atoms with Crippen molar-refractivity contribution in [1.29, 1.82) is 0 Å². The van der Waals surface area contributed by atoms with Gasteiger partial charge in [-0.25, -0.2) is 0 Å². The third-order valence-electron chi connectivity index (χ3n) is 1.17. The quantitative estimate of drug-likeness (QED) is 0.327. The number of alkyl halides is 9. The Morgan fingerprint density at radius 1 is 0.571 bits per heavy atom. The zero-order valence-corrected chi connectivity index (χ0v) is 10.0. The van der Waals surface area contributed by atoms with Gasteiger partial charge in [-0.1, -0.05) is 0 Å². The molecule has 11 heteroatoms. The normalized spacial score (nSPS) is 15.9. The van der Waals surface area contributed by atoms with Gasteiger partial charge in [0.15, 0.2) is 0 Å². The van der Waals surface area contributed by atoms with E-state index in [0.29, 0.717) is 0 Å². The first kappa shape index (κ1) is 14.6. The molecule has 0 fully saturated rings. The van der Waals surface area contributed by atoms with Crippen molar-refractivity contribution in [2.24, 2.45) is 0 Å². The van der Waals surface area contributed by atoms with E-state index in [1.807, 2.05) is 0 Å². The van der Waals surface area contributed by atoms with Gasteiger partial charge in [-0.2, -0.15) is 0 Å². The summed E-state index contributed by atoms with van der Waals surface area (Å²) < 4.78 is 106. The van der Waals surface area contributed by atoms with Crippen LogP contribution in [0, 0.1) is 0 Å². The second-order valence-corrected chi connectivity index (χ2v) is 16.9. The van der Waals surface area contributed by atoms with Crippen molar-refractivity contribution in [2.45, 2.75) is 15.0 Å². The molecule has 0 aliphatic carbocycles. The van der Waals surface area contributed by atoms with Crippen LogP contribution >= 0.6 is 20.2 Å². The molecule has 0 spiro atoms. The summed E-state index contributed by atoms with van der Waals surface area (Å²) in [5, 5.41) is -18.8. The van der Waals surface area contributed by atoms with E-state index in [0.717, 1.165) is 0 Å². The Bertz CT molecular complexity index is 174. The van der Waals surface area contributed by atoms with Gasteiger partial charge < -0.3 is 0 Å². The Morgan fingerprint density at radius 2 is 0.714 bits per heavy atom. The van der Waals surface area contributed by atoms with Gasteiger partial charge >= 0.3 is 84.7 Å². The molecule has 0 nitrogen and oxygen atoms in total. The van der Waals surface area contributed by atoms with Crippen LogP contribution in [0.4, 0.5) is 39.5 Å². The van der Waals surface area contributed by atoms with Crippen molar-refractivity contribution in [2.75, 3.05) is 0 Å². The zero-order valence-electron chi connectivity index (χ0n) is 5.78. The van der Waals surface area contributed by atoms with Gasteiger partial charge in [-0.3, -0.25) is 0 Å². The first-order chi connectivity index (χ1) is 5.75. The predicted molar refractivity (Wildman–Crippen MR) is 37.9 cm³/mol. The topological polar surface area (TPSA) is 0 Å². The van der Waals surface area contributed by atoms with Crippen LogP contribution in [0.2, 0.25) is 0 Å². The third-order valence-corrected chi connectivity index (χ3v) is 15.6. The maximum atomic E-state index is 11.7. The molecule has 0 saturated carbocycles. The Hall–Kier alpha value is 0.643. The molecular formula is C3F9GeI. The van der Waals surface area contributed by atoms with E-state index in [9.17, 15) is 39.5 Å². The molecule has 0 amide bonds. The minimum absolute atomic E-state index is 0.492. The number of hydrogen-bond donors (Lipinski definition) is 0. The van der Waals surface area contributed by atoms with Crippen LogP contribution < -0.4 is 0 Å². The predicted octanol–water partition coefficient (Wildman–Crippen LogP) is 3.67. The summed E-state index contributed by atoms with van der Waals surface area (Å²) in [6.45, 7) is 0. The van der Waals surface area contributed by atoms with Gasteiger partial charge in [0.25, 0.3) is 0 Å². The molecule has 0 aromatic rings. The standard InChI is InChI=1S/C3F9GeI/c4-1(5,6)13(14,2(7,8)9)3(10,11)12. The van der Waals surface area contributed by atoms with E-state index in [1.54, 1.807) is 0 Å². The van der Waals surface area contributed by atoms with E-state index in [2.05, 4.69) is 0 Å². The summed E-state index contributed by atoms with van der Waals surface area (Å²) in [5.74, 6) is 0. The molecule has 0 radical (unpaired) electrons. The molecule has 0 unspecified atom stereocenters. The summed E-state index contributed by atoms with van der Waals surface area (Å²) in [7, 11) is -7.97. The molecule has 0 saturated heterocycles. The summed E-state index contributed by atoms with van der Waals surface area (Å²) in [5.41, 5.74) is 0. The molecule has 86 valence electrons. The van der Waals surface area contributed by atoms with E-state index < -0.39 is 45.2 Å². The molecule has 0 heterocycles. The van der Waals surface area contributed by atoms with Gasteiger partial charge in [0.1, 0.15) is 0 Å². The zero-order chi connectivity index (χ0) is 12.0. The van der Waals surface area contributed by atoms with Crippen molar-refractivity contribution in [3.05, 3.63) is 0 Å². The fraction of sp³-hybridized carbons (Fsp3) is 1.00. The number of halogens is 10. The molecule has 0 bridgehead atoms. The Labute approximate surface area is 84.8 Å². The maximum absolute atomic E-state index is 11.7. The van der Waals surface area contributed by atoms with E-state index in [4.69, 9.17) is 0 Å². The van der Waals surface area contributed by atoms with Crippen LogP contribution in [0.15, 0.2) is 0 Å².